The Bertz CT molecular complexity index is 553. The van der Waals surface area contributed by atoms with E-state index in [1.54, 1.807) is 6.07 Å². The summed E-state index contributed by atoms with van der Waals surface area (Å²) in [6.45, 7) is 2.15. The van der Waals surface area contributed by atoms with Gasteiger partial charge in [-0.3, -0.25) is 0 Å². The number of hydrogen-bond donors (Lipinski definition) is 2. The molecule has 1 saturated carbocycles. The monoisotopic (exact) mass is 288 g/mol. The van der Waals surface area contributed by atoms with Crippen LogP contribution in [0.5, 0.6) is 0 Å². The zero-order chi connectivity index (χ0) is 13.4. The van der Waals surface area contributed by atoms with Crippen LogP contribution in [-0.2, 0) is 16.6 Å². The molecule has 1 aliphatic carbocycles. The standard InChI is InChI=1S/C12H17ClN2O2S/c1-12(5-2-6-12)15-18(16,17)10-3-4-11(13)9(7-10)8-14/h3-4,7,15H,2,5-6,8,14H2,1H3. The lowest BCUT2D eigenvalue weighted by atomic mass is 9.80. The average Bonchev–Trinajstić information content (AvgIpc) is 2.26. The first-order valence-corrected chi connectivity index (χ1v) is 7.75. The molecule has 0 saturated heterocycles. The summed E-state index contributed by atoms with van der Waals surface area (Å²) in [4.78, 5) is 0.223. The third-order valence-corrected chi connectivity index (χ3v) is 5.39. The van der Waals surface area contributed by atoms with Crippen molar-refractivity contribution < 1.29 is 8.42 Å². The molecule has 3 N–H and O–H groups in total. The van der Waals surface area contributed by atoms with Crippen LogP contribution in [0.4, 0.5) is 0 Å². The molecule has 0 amide bonds. The number of nitrogens with two attached hydrogens (primary N) is 1. The molecule has 0 heterocycles. The molecule has 1 fully saturated rings. The van der Waals surface area contributed by atoms with Gasteiger partial charge in [0.2, 0.25) is 10.0 Å². The number of nitrogens with one attached hydrogen (secondary N) is 1. The van der Waals surface area contributed by atoms with Crippen molar-refractivity contribution in [2.75, 3.05) is 0 Å². The summed E-state index contributed by atoms with van der Waals surface area (Å²) in [6, 6.07) is 4.61. The first kappa shape index (κ1) is 13.8. The largest absolute Gasteiger partial charge is 0.326 e. The molecule has 0 aromatic heterocycles. The van der Waals surface area contributed by atoms with Crippen molar-refractivity contribution in [1.29, 1.82) is 0 Å². The van der Waals surface area contributed by atoms with Crippen LogP contribution in [0.2, 0.25) is 5.02 Å². The second-order valence-electron chi connectivity index (χ2n) is 4.98. The van der Waals surface area contributed by atoms with E-state index >= 15 is 0 Å². The number of rotatable bonds is 4. The van der Waals surface area contributed by atoms with Gasteiger partial charge in [0.05, 0.1) is 4.90 Å². The van der Waals surface area contributed by atoms with Gasteiger partial charge in [-0.1, -0.05) is 11.6 Å². The Balaban J connectivity index is 2.29. The number of halogens is 1. The molecule has 18 heavy (non-hydrogen) atoms. The summed E-state index contributed by atoms with van der Waals surface area (Å²) in [7, 11) is -3.49. The van der Waals surface area contributed by atoms with Gasteiger partial charge in [0, 0.05) is 17.1 Å². The highest BCUT2D eigenvalue weighted by Gasteiger charge is 2.36. The predicted octanol–water partition coefficient (Wildman–Crippen LogP) is 2.02. The Morgan fingerprint density at radius 3 is 2.61 bits per heavy atom. The van der Waals surface area contributed by atoms with Crippen molar-refractivity contribution in [3.8, 4) is 0 Å². The van der Waals surface area contributed by atoms with Crippen molar-refractivity contribution in [2.45, 2.75) is 43.2 Å². The molecule has 0 radical (unpaired) electrons. The summed E-state index contributed by atoms with van der Waals surface area (Å²) < 4.78 is 27.2. The summed E-state index contributed by atoms with van der Waals surface area (Å²) in [5.74, 6) is 0. The van der Waals surface area contributed by atoms with Gasteiger partial charge in [0.25, 0.3) is 0 Å². The highest BCUT2D eigenvalue weighted by Crippen LogP contribution is 2.33. The van der Waals surface area contributed by atoms with E-state index in [9.17, 15) is 8.42 Å². The van der Waals surface area contributed by atoms with Crippen molar-refractivity contribution in [3.05, 3.63) is 28.8 Å². The molecule has 2 rings (SSSR count). The van der Waals surface area contributed by atoms with Gasteiger partial charge < -0.3 is 5.73 Å². The van der Waals surface area contributed by atoms with Crippen LogP contribution in [-0.4, -0.2) is 14.0 Å². The molecule has 6 heteroatoms. The van der Waals surface area contributed by atoms with Crippen LogP contribution in [0.3, 0.4) is 0 Å². The molecule has 0 atom stereocenters. The maximum absolute atomic E-state index is 12.2. The second kappa shape index (κ2) is 4.81. The Morgan fingerprint density at radius 1 is 1.44 bits per heavy atom. The number of sulfonamides is 1. The molecule has 0 aliphatic heterocycles. The second-order valence-corrected chi connectivity index (χ2v) is 7.07. The Morgan fingerprint density at radius 2 is 2.11 bits per heavy atom. The highest BCUT2D eigenvalue weighted by molar-refractivity contribution is 7.89. The lowest BCUT2D eigenvalue weighted by Crippen LogP contribution is -2.50. The van der Waals surface area contributed by atoms with Gasteiger partial charge in [-0.25, -0.2) is 13.1 Å². The fourth-order valence-corrected chi connectivity index (χ4v) is 3.78. The van der Waals surface area contributed by atoms with Crippen LogP contribution < -0.4 is 10.5 Å². The fourth-order valence-electron chi connectivity index (χ4n) is 2.07. The third kappa shape index (κ3) is 2.69. The van der Waals surface area contributed by atoms with Crippen LogP contribution in [0.1, 0.15) is 31.7 Å². The number of benzene rings is 1. The molecule has 1 aromatic carbocycles. The molecule has 4 nitrogen and oxygen atoms in total. The van der Waals surface area contributed by atoms with E-state index in [-0.39, 0.29) is 17.0 Å². The molecule has 1 aromatic rings. The summed E-state index contributed by atoms with van der Waals surface area (Å²) >= 11 is 5.92. The molecule has 1 aliphatic rings. The van der Waals surface area contributed by atoms with E-state index in [0.717, 1.165) is 19.3 Å². The van der Waals surface area contributed by atoms with E-state index in [0.29, 0.717) is 10.6 Å². The molecule has 0 bridgehead atoms. The van der Waals surface area contributed by atoms with Gasteiger partial charge in [0.1, 0.15) is 0 Å². The van der Waals surface area contributed by atoms with Crippen molar-refractivity contribution in [1.82, 2.24) is 4.72 Å². The van der Waals surface area contributed by atoms with Gasteiger partial charge in [0.15, 0.2) is 0 Å². The first-order valence-electron chi connectivity index (χ1n) is 5.89. The highest BCUT2D eigenvalue weighted by atomic mass is 35.5. The minimum absolute atomic E-state index is 0.222. The zero-order valence-electron chi connectivity index (χ0n) is 10.2. The Kier molecular flexibility index (Phi) is 3.69. The fraction of sp³-hybridized carbons (Fsp3) is 0.500. The Hall–Kier alpha value is -0.620. The van der Waals surface area contributed by atoms with Crippen LogP contribution >= 0.6 is 11.6 Å². The maximum Gasteiger partial charge on any atom is 0.241 e. The quantitative estimate of drug-likeness (QED) is 0.890. The summed E-state index contributed by atoms with van der Waals surface area (Å²) in [5.41, 5.74) is 5.86. The molecular formula is C12H17ClN2O2S. The summed E-state index contributed by atoms with van der Waals surface area (Å²) in [6.07, 6.45) is 2.82. The topological polar surface area (TPSA) is 72.2 Å². The SMILES string of the molecule is CC1(NS(=O)(=O)c2ccc(Cl)c(CN)c2)CCC1. The van der Waals surface area contributed by atoms with Crippen LogP contribution in [0.15, 0.2) is 23.1 Å². The first-order chi connectivity index (χ1) is 8.36. The van der Waals surface area contributed by atoms with Crippen molar-refractivity contribution in [3.63, 3.8) is 0 Å². The van der Waals surface area contributed by atoms with Gasteiger partial charge in [-0.05, 0) is 49.9 Å². The lowest BCUT2D eigenvalue weighted by Gasteiger charge is -2.38. The molecule has 100 valence electrons. The van der Waals surface area contributed by atoms with Crippen molar-refractivity contribution >= 4 is 21.6 Å². The van der Waals surface area contributed by atoms with Crippen LogP contribution in [0, 0.1) is 0 Å². The van der Waals surface area contributed by atoms with E-state index in [4.69, 9.17) is 17.3 Å². The van der Waals surface area contributed by atoms with Gasteiger partial charge >= 0.3 is 0 Å². The molecular weight excluding hydrogens is 272 g/mol. The maximum atomic E-state index is 12.2. The molecule has 0 unspecified atom stereocenters. The third-order valence-electron chi connectivity index (χ3n) is 3.39. The summed E-state index contributed by atoms with van der Waals surface area (Å²) in [5, 5.41) is 0.492. The Labute approximate surface area is 113 Å². The van der Waals surface area contributed by atoms with E-state index in [2.05, 4.69) is 4.72 Å². The lowest BCUT2D eigenvalue weighted by molar-refractivity contribution is 0.248. The van der Waals surface area contributed by atoms with Gasteiger partial charge in [-0.2, -0.15) is 0 Å². The number of hydrogen-bond acceptors (Lipinski definition) is 3. The average molecular weight is 289 g/mol. The normalized spacial score (nSPS) is 18.4. The zero-order valence-corrected chi connectivity index (χ0v) is 11.8. The van der Waals surface area contributed by atoms with E-state index < -0.39 is 10.0 Å². The van der Waals surface area contributed by atoms with E-state index in [1.807, 2.05) is 6.92 Å². The predicted molar refractivity (Wildman–Crippen MR) is 71.9 cm³/mol. The van der Waals surface area contributed by atoms with Crippen LogP contribution in [0.25, 0.3) is 0 Å². The minimum Gasteiger partial charge on any atom is -0.326 e. The van der Waals surface area contributed by atoms with Crippen molar-refractivity contribution in [2.24, 2.45) is 5.73 Å². The van der Waals surface area contributed by atoms with Gasteiger partial charge in [-0.15, -0.1) is 0 Å². The van der Waals surface area contributed by atoms with E-state index in [1.165, 1.54) is 12.1 Å². The molecule has 0 spiro atoms. The smallest absolute Gasteiger partial charge is 0.241 e. The minimum atomic E-state index is -3.49.